The number of nitrogens with one attached hydrogen (secondary N) is 1. The van der Waals surface area contributed by atoms with E-state index in [0.717, 1.165) is 55.8 Å². The van der Waals surface area contributed by atoms with E-state index < -0.39 is 0 Å². The van der Waals surface area contributed by atoms with Crippen molar-refractivity contribution in [3.8, 4) is 16.9 Å². The standard InChI is InChI=1S/C32H29NO3/c1-5-35-31-22(4)32-28(29(19-36-32)25-13-12-23-8-6-7-9-24(23)17-25)18-27(31)21(3)16-30(34)33-26-14-10-20(2)11-15-26/h6-19H,5H2,1-4H3,(H,33,34)/b21-16+. The summed E-state index contributed by atoms with van der Waals surface area (Å²) in [6, 6.07) is 24.6. The van der Waals surface area contributed by atoms with Crippen molar-refractivity contribution in [1.29, 1.82) is 0 Å². The first-order valence-corrected chi connectivity index (χ1v) is 12.2. The number of allylic oxidation sites excluding steroid dienone is 1. The van der Waals surface area contributed by atoms with Crippen LogP contribution in [0.5, 0.6) is 5.75 Å². The minimum Gasteiger partial charge on any atom is -0.493 e. The summed E-state index contributed by atoms with van der Waals surface area (Å²) in [5.41, 5.74) is 7.42. The predicted octanol–water partition coefficient (Wildman–Crippen LogP) is 8.31. The van der Waals surface area contributed by atoms with Gasteiger partial charge < -0.3 is 14.5 Å². The van der Waals surface area contributed by atoms with Gasteiger partial charge in [-0.05, 0) is 73.9 Å². The van der Waals surface area contributed by atoms with Gasteiger partial charge in [-0.1, -0.05) is 54.1 Å². The molecular formula is C32H29NO3. The molecule has 4 aromatic carbocycles. The van der Waals surface area contributed by atoms with Crippen molar-refractivity contribution in [2.45, 2.75) is 27.7 Å². The summed E-state index contributed by atoms with van der Waals surface area (Å²) in [6.45, 7) is 8.43. The second kappa shape index (κ2) is 9.74. The lowest BCUT2D eigenvalue weighted by Crippen LogP contribution is -2.09. The molecule has 0 spiro atoms. The van der Waals surface area contributed by atoms with Crippen molar-refractivity contribution in [3.63, 3.8) is 0 Å². The second-order valence-corrected chi connectivity index (χ2v) is 9.08. The third kappa shape index (κ3) is 4.50. The molecule has 0 bridgehead atoms. The van der Waals surface area contributed by atoms with Gasteiger partial charge in [-0.15, -0.1) is 0 Å². The van der Waals surface area contributed by atoms with E-state index >= 15 is 0 Å². The third-order valence-electron chi connectivity index (χ3n) is 6.48. The monoisotopic (exact) mass is 475 g/mol. The fourth-order valence-corrected chi connectivity index (χ4v) is 4.61. The van der Waals surface area contributed by atoms with Crippen LogP contribution in [0.1, 0.15) is 30.5 Å². The van der Waals surface area contributed by atoms with Gasteiger partial charge in [0.05, 0.1) is 12.9 Å². The molecule has 36 heavy (non-hydrogen) atoms. The summed E-state index contributed by atoms with van der Waals surface area (Å²) in [4.78, 5) is 12.8. The molecule has 5 aromatic rings. The maximum Gasteiger partial charge on any atom is 0.248 e. The lowest BCUT2D eigenvalue weighted by Gasteiger charge is -2.15. The van der Waals surface area contributed by atoms with Crippen LogP contribution in [0.3, 0.4) is 0 Å². The number of rotatable bonds is 6. The Labute approximate surface area is 211 Å². The zero-order valence-corrected chi connectivity index (χ0v) is 21.0. The third-order valence-corrected chi connectivity index (χ3v) is 6.48. The summed E-state index contributed by atoms with van der Waals surface area (Å²) in [5.74, 6) is 0.555. The van der Waals surface area contributed by atoms with E-state index in [0.29, 0.717) is 6.61 Å². The molecule has 0 unspecified atom stereocenters. The Morgan fingerprint density at radius 3 is 2.47 bits per heavy atom. The van der Waals surface area contributed by atoms with Gasteiger partial charge >= 0.3 is 0 Å². The maximum absolute atomic E-state index is 12.8. The highest BCUT2D eigenvalue weighted by atomic mass is 16.5. The number of carbonyl (C=O) groups is 1. The van der Waals surface area contributed by atoms with Gasteiger partial charge in [0.2, 0.25) is 5.91 Å². The molecule has 5 rings (SSSR count). The van der Waals surface area contributed by atoms with Crippen molar-refractivity contribution in [2.75, 3.05) is 11.9 Å². The largest absolute Gasteiger partial charge is 0.493 e. The number of hydrogen-bond acceptors (Lipinski definition) is 3. The van der Waals surface area contributed by atoms with Crippen LogP contribution in [0.4, 0.5) is 5.69 Å². The average molecular weight is 476 g/mol. The lowest BCUT2D eigenvalue weighted by molar-refractivity contribution is -0.111. The van der Waals surface area contributed by atoms with Crippen molar-refractivity contribution < 1.29 is 13.9 Å². The van der Waals surface area contributed by atoms with Gasteiger partial charge in [0.25, 0.3) is 0 Å². The molecule has 0 aliphatic heterocycles. The summed E-state index contributed by atoms with van der Waals surface area (Å²) >= 11 is 0. The van der Waals surface area contributed by atoms with E-state index in [-0.39, 0.29) is 5.91 Å². The molecule has 1 amide bonds. The average Bonchev–Trinajstić information content (AvgIpc) is 3.31. The van der Waals surface area contributed by atoms with E-state index in [1.165, 1.54) is 10.8 Å². The lowest BCUT2D eigenvalue weighted by atomic mass is 9.95. The van der Waals surface area contributed by atoms with Crippen LogP contribution in [-0.2, 0) is 4.79 Å². The van der Waals surface area contributed by atoms with Crippen LogP contribution in [0.25, 0.3) is 38.4 Å². The zero-order chi connectivity index (χ0) is 25.2. The first-order chi connectivity index (χ1) is 17.4. The van der Waals surface area contributed by atoms with Crippen molar-refractivity contribution in [3.05, 3.63) is 102 Å². The van der Waals surface area contributed by atoms with Crippen LogP contribution in [0.2, 0.25) is 0 Å². The van der Waals surface area contributed by atoms with Gasteiger partial charge in [0.15, 0.2) is 0 Å². The van der Waals surface area contributed by atoms with Gasteiger partial charge in [0.1, 0.15) is 11.3 Å². The number of aryl methyl sites for hydroxylation is 2. The molecule has 4 nitrogen and oxygen atoms in total. The minimum absolute atomic E-state index is 0.182. The number of anilines is 1. The van der Waals surface area contributed by atoms with Crippen LogP contribution in [0, 0.1) is 13.8 Å². The molecule has 0 radical (unpaired) electrons. The highest BCUT2D eigenvalue weighted by Gasteiger charge is 2.19. The number of ether oxygens (including phenoxy) is 1. The zero-order valence-electron chi connectivity index (χ0n) is 21.0. The highest BCUT2D eigenvalue weighted by molar-refractivity contribution is 6.06. The highest BCUT2D eigenvalue weighted by Crippen LogP contribution is 2.41. The van der Waals surface area contributed by atoms with Gasteiger partial charge in [-0.25, -0.2) is 0 Å². The van der Waals surface area contributed by atoms with Gasteiger partial charge in [-0.2, -0.15) is 0 Å². The van der Waals surface area contributed by atoms with Crippen molar-refractivity contribution in [1.82, 2.24) is 0 Å². The molecule has 0 fully saturated rings. The molecular weight excluding hydrogens is 446 g/mol. The summed E-state index contributed by atoms with van der Waals surface area (Å²) in [7, 11) is 0. The summed E-state index contributed by atoms with van der Waals surface area (Å²) in [6.07, 6.45) is 3.43. The Morgan fingerprint density at radius 2 is 1.72 bits per heavy atom. The first kappa shape index (κ1) is 23.4. The van der Waals surface area contributed by atoms with Crippen molar-refractivity contribution in [2.24, 2.45) is 0 Å². The molecule has 0 aliphatic carbocycles. The van der Waals surface area contributed by atoms with Gasteiger partial charge in [-0.3, -0.25) is 4.79 Å². The smallest absolute Gasteiger partial charge is 0.248 e. The molecule has 1 aromatic heterocycles. The number of benzene rings is 4. The molecule has 0 saturated heterocycles. The second-order valence-electron chi connectivity index (χ2n) is 9.08. The molecule has 1 N–H and O–H groups in total. The number of amides is 1. The quantitative estimate of drug-likeness (QED) is 0.251. The fraction of sp³-hybridized carbons (Fsp3) is 0.156. The SMILES string of the molecule is CCOc1c(/C(C)=C/C(=O)Nc2ccc(C)cc2)cc2c(-c3ccc4ccccc4c3)coc2c1C. The van der Waals surface area contributed by atoms with E-state index in [2.05, 4.69) is 41.7 Å². The number of furan rings is 1. The molecule has 0 aliphatic rings. The Kier molecular flexibility index (Phi) is 6.34. The van der Waals surface area contributed by atoms with E-state index in [1.807, 2.05) is 70.4 Å². The molecule has 0 atom stereocenters. The Balaban J connectivity index is 1.58. The first-order valence-electron chi connectivity index (χ1n) is 12.2. The van der Waals surface area contributed by atoms with Crippen LogP contribution >= 0.6 is 0 Å². The Bertz CT molecular complexity index is 1610. The van der Waals surface area contributed by atoms with E-state index in [1.54, 1.807) is 6.08 Å². The maximum atomic E-state index is 12.8. The Morgan fingerprint density at radius 1 is 0.972 bits per heavy atom. The molecule has 1 heterocycles. The fourth-order valence-electron chi connectivity index (χ4n) is 4.61. The van der Waals surface area contributed by atoms with Crippen LogP contribution in [-0.4, -0.2) is 12.5 Å². The number of carbonyl (C=O) groups excluding carboxylic acids is 1. The number of fused-ring (bicyclic) bond motifs is 2. The summed E-state index contributed by atoms with van der Waals surface area (Å²) < 4.78 is 12.1. The normalized spacial score (nSPS) is 11.7. The molecule has 4 heteroatoms. The van der Waals surface area contributed by atoms with Gasteiger partial charge in [0, 0.05) is 33.8 Å². The topological polar surface area (TPSA) is 51.5 Å². The van der Waals surface area contributed by atoms with E-state index in [9.17, 15) is 4.79 Å². The minimum atomic E-state index is -0.182. The number of hydrogen-bond donors (Lipinski definition) is 1. The Hall–Kier alpha value is -4.31. The van der Waals surface area contributed by atoms with Crippen LogP contribution < -0.4 is 10.1 Å². The summed E-state index contributed by atoms with van der Waals surface area (Å²) in [5, 5.41) is 6.32. The van der Waals surface area contributed by atoms with Crippen LogP contribution in [0.15, 0.2) is 89.6 Å². The molecule has 180 valence electrons. The molecule has 0 saturated carbocycles. The van der Waals surface area contributed by atoms with Crippen molar-refractivity contribution >= 4 is 38.9 Å². The predicted molar refractivity (Wildman–Crippen MR) is 149 cm³/mol. The van der Waals surface area contributed by atoms with E-state index in [4.69, 9.17) is 9.15 Å².